The molecular weight excluding hydrogens is 256 g/mol. The Morgan fingerprint density at radius 3 is 2.20 bits per heavy atom. The monoisotopic (exact) mass is 282 g/mol. The summed E-state index contributed by atoms with van der Waals surface area (Å²) in [4.78, 5) is 23.6. The molecule has 3 N–H and O–H groups in total. The Kier molecular flexibility index (Phi) is 4.55. The van der Waals surface area contributed by atoms with Gasteiger partial charge in [-0.25, -0.2) is 9.59 Å². The maximum atomic E-state index is 12.1. The number of carboxylic acid groups (broad SMARTS) is 1. The number of carboxylic acids is 1. The summed E-state index contributed by atoms with van der Waals surface area (Å²) in [5.74, 6) is 0.284. The molecule has 2 saturated carbocycles. The molecule has 0 saturated heterocycles. The van der Waals surface area contributed by atoms with Gasteiger partial charge in [0.15, 0.2) is 0 Å². The van der Waals surface area contributed by atoms with E-state index in [1.54, 1.807) is 0 Å². The zero-order chi connectivity index (χ0) is 14.8. The van der Waals surface area contributed by atoms with Gasteiger partial charge in [-0.05, 0) is 56.8 Å². The predicted molar refractivity (Wildman–Crippen MR) is 76.5 cm³/mol. The second-order valence-corrected chi connectivity index (χ2v) is 6.78. The molecule has 0 aromatic carbocycles. The van der Waals surface area contributed by atoms with E-state index in [0.717, 1.165) is 32.1 Å². The average Bonchev–Trinajstić information content (AvgIpc) is 2.77. The lowest BCUT2D eigenvalue weighted by atomic mass is 9.77. The van der Waals surface area contributed by atoms with Crippen LogP contribution in [-0.4, -0.2) is 28.7 Å². The van der Waals surface area contributed by atoms with E-state index in [1.165, 1.54) is 0 Å². The Balaban J connectivity index is 1.91. The first kappa shape index (κ1) is 15.1. The minimum Gasteiger partial charge on any atom is -0.480 e. The van der Waals surface area contributed by atoms with Crippen LogP contribution in [0.2, 0.25) is 0 Å². The summed E-state index contributed by atoms with van der Waals surface area (Å²) in [7, 11) is 0. The van der Waals surface area contributed by atoms with Gasteiger partial charge in [0, 0.05) is 6.04 Å². The summed E-state index contributed by atoms with van der Waals surface area (Å²) in [6.07, 6.45) is 5.87. The van der Waals surface area contributed by atoms with Gasteiger partial charge in [0.05, 0.1) is 0 Å². The third-order valence-electron chi connectivity index (χ3n) is 4.92. The SMILES string of the molecule is CC1CCC(NC(=O)NC2CCC(C)C2)(C(=O)O)CC1. The van der Waals surface area contributed by atoms with Crippen molar-refractivity contribution < 1.29 is 14.7 Å². The van der Waals surface area contributed by atoms with Crippen LogP contribution in [0.4, 0.5) is 4.79 Å². The smallest absolute Gasteiger partial charge is 0.329 e. The summed E-state index contributed by atoms with van der Waals surface area (Å²) >= 11 is 0. The molecule has 0 spiro atoms. The van der Waals surface area contributed by atoms with E-state index >= 15 is 0 Å². The molecule has 0 bridgehead atoms. The lowest BCUT2D eigenvalue weighted by Crippen LogP contribution is -2.59. The Bertz CT molecular complexity index is 375. The van der Waals surface area contributed by atoms with Crippen molar-refractivity contribution in [3.8, 4) is 0 Å². The molecule has 20 heavy (non-hydrogen) atoms. The van der Waals surface area contributed by atoms with Gasteiger partial charge in [-0.15, -0.1) is 0 Å². The van der Waals surface area contributed by atoms with Gasteiger partial charge in [0.2, 0.25) is 0 Å². The molecule has 0 aliphatic heterocycles. The lowest BCUT2D eigenvalue weighted by molar-refractivity contribution is -0.146. The summed E-state index contributed by atoms with van der Waals surface area (Å²) in [6.45, 7) is 4.31. The van der Waals surface area contributed by atoms with Crippen LogP contribution >= 0.6 is 0 Å². The summed E-state index contributed by atoms with van der Waals surface area (Å²) in [5.41, 5.74) is -1.07. The van der Waals surface area contributed by atoms with Crippen LogP contribution in [0.15, 0.2) is 0 Å². The number of hydrogen-bond acceptors (Lipinski definition) is 2. The van der Waals surface area contributed by atoms with Crippen LogP contribution in [0.3, 0.4) is 0 Å². The Labute approximate surface area is 120 Å². The van der Waals surface area contributed by atoms with Crippen LogP contribution in [-0.2, 0) is 4.79 Å². The van der Waals surface area contributed by atoms with Crippen molar-refractivity contribution in [2.75, 3.05) is 0 Å². The van der Waals surface area contributed by atoms with Gasteiger partial charge in [-0.3, -0.25) is 0 Å². The van der Waals surface area contributed by atoms with Crippen LogP contribution in [0.1, 0.15) is 58.8 Å². The van der Waals surface area contributed by atoms with E-state index in [9.17, 15) is 14.7 Å². The molecule has 0 heterocycles. The third kappa shape index (κ3) is 3.44. The molecule has 2 unspecified atom stereocenters. The molecule has 2 aliphatic carbocycles. The largest absolute Gasteiger partial charge is 0.480 e. The number of aliphatic carboxylic acids is 1. The average molecular weight is 282 g/mol. The second-order valence-electron chi connectivity index (χ2n) is 6.78. The molecule has 5 heteroatoms. The zero-order valence-electron chi connectivity index (χ0n) is 12.4. The zero-order valence-corrected chi connectivity index (χ0v) is 12.4. The molecule has 2 atom stereocenters. The van der Waals surface area contributed by atoms with Crippen molar-refractivity contribution in [1.82, 2.24) is 10.6 Å². The number of carbonyl (C=O) groups is 2. The molecule has 114 valence electrons. The van der Waals surface area contributed by atoms with Crippen molar-refractivity contribution in [3.05, 3.63) is 0 Å². The van der Waals surface area contributed by atoms with Gasteiger partial charge >= 0.3 is 12.0 Å². The number of carbonyl (C=O) groups excluding carboxylic acids is 1. The topological polar surface area (TPSA) is 78.4 Å². The van der Waals surface area contributed by atoms with Gasteiger partial charge in [0.25, 0.3) is 0 Å². The highest BCUT2D eigenvalue weighted by atomic mass is 16.4. The number of nitrogens with one attached hydrogen (secondary N) is 2. The number of amides is 2. The van der Waals surface area contributed by atoms with Crippen molar-refractivity contribution >= 4 is 12.0 Å². The first-order valence-corrected chi connectivity index (χ1v) is 7.73. The summed E-state index contributed by atoms with van der Waals surface area (Å²) < 4.78 is 0. The minimum absolute atomic E-state index is 0.193. The fraction of sp³-hybridized carbons (Fsp3) is 0.867. The quantitative estimate of drug-likeness (QED) is 0.744. The second kappa shape index (κ2) is 6.02. The van der Waals surface area contributed by atoms with Crippen molar-refractivity contribution in [2.45, 2.75) is 70.4 Å². The van der Waals surface area contributed by atoms with Gasteiger partial charge in [0.1, 0.15) is 5.54 Å². The molecule has 0 radical (unpaired) electrons. The molecule has 2 fully saturated rings. The molecular formula is C15H26N2O3. The van der Waals surface area contributed by atoms with Crippen molar-refractivity contribution in [2.24, 2.45) is 11.8 Å². The Morgan fingerprint density at radius 2 is 1.70 bits per heavy atom. The Hall–Kier alpha value is -1.26. The van der Waals surface area contributed by atoms with Gasteiger partial charge in [-0.1, -0.05) is 13.8 Å². The van der Waals surface area contributed by atoms with Crippen LogP contribution in [0.25, 0.3) is 0 Å². The number of urea groups is 1. The van der Waals surface area contributed by atoms with E-state index in [-0.39, 0.29) is 12.1 Å². The van der Waals surface area contributed by atoms with Crippen LogP contribution in [0, 0.1) is 11.8 Å². The first-order chi connectivity index (χ1) is 9.41. The normalized spacial score (nSPS) is 37.4. The maximum absolute atomic E-state index is 12.1. The molecule has 2 amide bonds. The first-order valence-electron chi connectivity index (χ1n) is 7.73. The van der Waals surface area contributed by atoms with E-state index in [2.05, 4.69) is 24.5 Å². The Morgan fingerprint density at radius 1 is 1.05 bits per heavy atom. The van der Waals surface area contributed by atoms with Crippen molar-refractivity contribution in [1.29, 1.82) is 0 Å². The molecule has 0 aromatic rings. The molecule has 2 rings (SSSR count). The fourth-order valence-corrected chi connectivity index (χ4v) is 3.42. The lowest BCUT2D eigenvalue weighted by Gasteiger charge is -2.36. The number of hydrogen-bond donors (Lipinski definition) is 3. The highest BCUT2D eigenvalue weighted by molar-refractivity contribution is 5.86. The van der Waals surface area contributed by atoms with E-state index < -0.39 is 11.5 Å². The molecule has 5 nitrogen and oxygen atoms in total. The highest BCUT2D eigenvalue weighted by Crippen LogP contribution is 2.32. The maximum Gasteiger partial charge on any atom is 0.329 e. The van der Waals surface area contributed by atoms with Gasteiger partial charge < -0.3 is 15.7 Å². The van der Waals surface area contributed by atoms with E-state index in [1.807, 2.05) is 0 Å². The standard InChI is InChI=1S/C15H26N2O3/c1-10-5-7-15(8-6-10,13(18)19)17-14(20)16-12-4-3-11(2)9-12/h10-12H,3-9H2,1-2H3,(H,18,19)(H2,16,17,20). The van der Waals surface area contributed by atoms with Crippen LogP contribution in [0.5, 0.6) is 0 Å². The highest BCUT2D eigenvalue weighted by Gasteiger charge is 2.42. The van der Waals surface area contributed by atoms with Crippen molar-refractivity contribution in [3.63, 3.8) is 0 Å². The molecule has 0 aromatic heterocycles. The third-order valence-corrected chi connectivity index (χ3v) is 4.92. The molecule has 2 aliphatic rings. The summed E-state index contributed by atoms with van der Waals surface area (Å²) in [5, 5.41) is 15.2. The van der Waals surface area contributed by atoms with E-state index in [0.29, 0.717) is 24.7 Å². The number of rotatable bonds is 3. The van der Waals surface area contributed by atoms with Crippen LogP contribution < -0.4 is 10.6 Å². The fourth-order valence-electron chi connectivity index (χ4n) is 3.42. The minimum atomic E-state index is -1.07. The van der Waals surface area contributed by atoms with Gasteiger partial charge in [-0.2, -0.15) is 0 Å². The van der Waals surface area contributed by atoms with E-state index in [4.69, 9.17) is 0 Å². The summed E-state index contributed by atoms with van der Waals surface area (Å²) in [6, 6.07) is -0.126. The predicted octanol–water partition coefficient (Wildman–Crippen LogP) is 2.51.